The smallest absolute Gasteiger partial charge is 0.297 e. The predicted molar refractivity (Wildman–Crippen MR) is 54.4 cm³/mol. The van der Waals surface area contributed by atoms with Crippen LogP contribution in [0.5, 0.6) is 0 Å². The van der Waals surface area contributed by atoms with Crippen molar-refractivity contribution in [3.05, 3.63) is 36.8 Å². The number of benzene rings is 1. The Labute approximate surface area is 91.0 Å². The third kappa shape index (κ3) is 2.07. The Hall–Kier alpha value is -0.460. The molecule has 0 radical (unpaired) electrons. The topological polar surface area (TPSA) is 63.4 Å². The molecule has 1 N–H and O–H groups in total. The average molecular weight is 311 g/mol. The number of aliphatic hydroxyl groups is 1. The van der Waals surface area contributed by atoms with Crippen molar-refractivity contribution in [2.75, 3.05) is 0 Å². The van der Waals surface area contributed by atoms with E-state index in [4.69, 9.17) is 5.11 Å². The van der Waals surface area contributed by atoms with Crippen LogP contribution < -0.4 is 0 Å². The van der Waals surface area contributed by atoms with Gasteiger partial charge in [-0.25, -0.2) is 0 Å². The minimum absolute atomic E-state index is 0.0634. The van der Waals surface area contributed by atoms with Gasteiger partial charge in [-0.05, 0) is 43.5 Å². The van der Waals surface area contributed by atoms with Gasteiger partial charge in [0, 0.05) is 0 Å². The Balaban J connectivity index is 3.38. The zero-order valence-electron chi connectivity index (χ0n) is 6.33. The van der Waals surface area contributed by atoms with Gasteiger partial charge in [-0.2, -0.15) is 0 Å². The van der Waals surface area contributed by atoms with Crippen LogP contribution in [-0.4, -0.2) is 10.0 Å². The lowest BCUT2D eigenvalue weighted by molar-refractivity contribution is -0.386. The van der Waals surface area contributed by atoms with E-state index in [0.29, 0.717) is 14.5 Å². The Morgan fingerprint density at radius 1 is 1.46 bits per heavy atom. The first-order valence-electron chi connectivity index (χ1n) is 3.30. The summed E-state index contributed by atoms with van der Waals surface area (Å²) in [5.41, 5.74) is 0.432. The molecular weight excluding hydrogens is 306 g/mol. The van der Waals surface area contributed by atoms with Gasteiger partial charge in [0.15, 0.2) is 0 Å². The van der Waals surface area contributed by atoms with Crippen LogP contribution in [0.2, 0.25) is 0 Å². The molecule has 6 heteroatoms. The molecule has 1 aromatic carbocycles. The van der Waals surface area contributed by atoms with Crippen molar-refractivity contribution in [3.8, 4) is 0 Å². The van der Waals surface area contributed by atoms with Crippen molar-refractivity contribution >= 4 is 37.5 Å². The van der Waals surface area contributed by atoms with Crippen molar-refractivity contribution in [3.63, 3.8) is 0 Å². The van der Waals surface area contributed by atoms with E-state index < -0.39 is 4.92 Å². The van der Waals surface area contributed by atoms with Gasteiger partial charge in [0.05, 0.1) is 16.0 Å². The molecule has 0 aliphatic rings. The molecule has 1 aromatic rings. The van der Waals surface area contributed by atoms with Crippen molar-refractivity contribution in [2.45, 2.75) is 6.61 Å². The number of hydrogen-bond acceptors (Lipinski definition) is 3. The second kappa shape index (κ2) is 4.17. The van der Waals surface area contributed by atoms with Crippen molar-refractivity contribution in [2.24, 2.45) is 0 Å². The number of halogens is 2. The molecule has 70 valence electrons. The second-order valence-electron chi connectivity index (χ2n) is 2.28. The van der Waals surface area contributed by atoms with Crippen molar-refractivity contribution in [1.82, 2.24) is 0 Å². The Morgan fingerprint density at radius 3 is 2.54 bits per heavy atom. The summed E-state index contributed by atoms with van der Waals surface area (Å²) in [6, 6.07) is 3.15. The standard InChI is InChI=1S/C7H5Br2NO3/c8-5-2-1-4(3-11)6(9)7(5)10(12)13/h1-2,11H,3H2. The summed E-state index contributed by atoms with van der Waals surface area (Å²) in [6.07, 6.45) is 0. The third-order valence-corrected chi connectivity index (χ3v) is 3.02. The first-order chi connectivity index (χ1) is 6.07. The molecule has 0 aliphatic heterocycles. The number of hydrogen-bond donors (Lipinski definition) is 1. The number of nitro benzene ring substituents is 1. The molecule has 0 bridgehead atoms. The fraction of sp³-hybridized carbons (Fsp3) is 0.143. The maximum absolute atomic E-state index is 10.6. The Morgan fingerprint density at radius 2 is 2.08 bits per heavy atom. The molecular formula is C7H5Br2NO3. The minimum Gasteiger partial charge on any atom is -0.392 e. The van der Waals surface area contributed by atoms with Crippen molar-refractivity contribution in [1.29, 1.82) is 0 Å². The number of nitrogens with zero attached hydrogens (tertiary/aromatic N) is 1. The fourth-order valence-electron chi connectivity index (χ4n) is 0.872. The van der Waals surface area contributed by atoms with Crippen LogP contribution in [0.1, 0.15) is 5.56 Å². The maximum atomic E-state index is 10.6. The van der Waals surface area contributed by atoms with Gasteiger partial charge in [-0.3, -0.25) is 10.1 Å². The van der Waals surface area contributed by atoms with Crippen LogP contribution in [0.4, 0.5) is 5.69 Å². The Bertz CT molecular complexity index is 354. The minimum atomic E-state index is -0.507. The van der Waals surface area contributed by atoms with Crippen LogP contribution in [0.25, 0.3) is 0 Å². The molecule has 1 rings (SSSR count). The quantitative estimate of drug-likeness (QED) is 0.674. The summed E-state index contributed by atoms with van der Waals surface area (Å²) in [5, 5.41) is 19.4. The van der Waals surface area contributed by atoms with Gasteiger partial charge in [0.2, 0.25) is 0 Å². The zero-order chi connectivity index (χ0) is 10.0. The second-order valence-corrected chi connectivity index (χ2v) is 3.93. The summed E-state index contributed by atoms with van der Waals surface area (Å²) >= 11 is 6.12. The predicted octanol–water partition coefficient (Wildman–Crippen LogP) is 2.61. The van der Waals surface area contributed by atoms with Crippen LogP contribution in [-0.2, 0) is 6.61 Å². The molecule has 13 heavy (non-hydrogen) atoms. The van der Waals surface area contributed by atoms with Gasteiger partial charge in [0.25, 0.3) is 5.69 Å². The van der Waals surface area contributed by atoms with Gasteiger partial charge < -0.3 is 5.11 Å². The Kier molecular flexibility index (Phi) is 3.40. The molecule has 0 fully saturated rings. The monoisotopic (exact) mass is 309 g/mol. The summed E-state index contributed by atoms with van der Waals surface area (Å²) in [7, 11) is 0. The van der Waals surface area contributed by atoms with E-state index in [1.807, 2.05) is 0 Å². The molecule has 0 saturated heterocycles. The molecule has 0 aliphatic carbocycles. The van der Waals surface area contributed by atoms with E-state index in [-0.39, 0.29) is 12.3 Å². The first kappa shape index (κ1) is 10.6. The van der Waals surface area contributed by atoms with E-state index >= 15 is 0 Å². The normalized spacial score (nSPS) is 10.1. The summed E-state index contributed by atoms with van der Waals surface area (Å²) in [6.45, 7) is -0.227. The lowest BCUT2D eigenvalue weighted by Gasteiger charge is -2.02. The first-order valence-corrected chi connectivity index (χ1v) is 4.88. The van der Waals surface area contributed by atoms with E-state index in [1.54, 1.807) is 6.07 Å². The highest BCUT2D eigenvalue weighted by Gasteiger charge is 2.19. The maximum Gasteiger partial charge on any atom is 0.297 e. The fourth-order valence-corrected chi connectivity index (χ4v) is 2.23. The largest absolute Gasteiger partial charge is 0.392 e. The highest BCUT2D eigenvalue weighted by Crippen LogP contribution is 2.35. The molecule has 4 nitrogen and oxygen atoms in total. The van der Waals surface area contributed by atoms with Crippen LogP contribution >= 0.6 is 31.9 Å². The summed E-state index contributed by atoms with van der Waals surface area (Å²) in [5.74, 6) is 0. The van der Waals surface area contributed by atoms with E-state index in [0.717, 1.165) is 0 Å². The third-order valence-electron chi connectivity index (χ3n) is 1.50. The molecule has 0 heterocycles. The molecule has 0 unspecified atom stereocenters. The van der Waals surface area contributed by atoms with E-state index in [9.17, 15) is 10.1 Å². The van der Waals surface area contributed by atoms with Crippen LogP contribution in [0, 0.1) is 10.1 Å². The number of nitro groups is 1. The molecule has 0 aromatic heterocycles. The van der Waals surface area contributed by atoms with Crippen LogP contribution in [0.15, 0.2) is 21.1 Å². The number of rotatable bonds is 2. The molecule has 0 spiro atoms. The lowest BCUT2D eigenvalue weighted by atomic mass is 10.2. The lowest BCUT2D eigenvalue weighted by Crippen LogP contribution is -1.94. The average Bonchev–Trinajstić information content (AvgIpc) is 2.04. The summed E-state index contributed by atoms with van der Waals surface area (Å²) in [4.78, 5) is 10.1. The van der Waals surface area contributed by atoms with E-state index in [1.165, 1.54) is 6.07 Å². The van der Waals surface area contributed by atoms with E-state index in [2.05, 4.69) is 31.9 Å². The van der Waals surface area contributed by atoms with Gasteiger partial charge in [-0.15, -0.1) is 0 Å². The van der Waals surface area contributed by atoms with Gasteiger partial charge in [-0.1, -0.05) is 6.07 Å². The highest BCUT2D eigenvalue weighted by molar-refractivity contribution is 9.11. The SMILES string of the molecule is O=[N+]([O-])c1c(Br)ccc(CO)c1Br. The highest BCUT2D eigenvalue weighted by atomic mass is 79.9. The van der Waals surface area contributed by atoms with Crippen LogP contribution in [0.3, 0.4) is 0 Å². The molecule has 0 atom stereocenters. The van der Waals surface area contributed by atoms with Gasteiger partial charge in [0.1, 0.15) is 4.47 Å². The zero-order valence-corrected chi connectivity index (χ0v) is 9.50. The molecule has 0 saturated carbocycles. The van der Waals surface area contributed by atoms with Crippen molar-refractivity contribution < 1.29 is 10.0 Å². The summed E-state index contributed by atoms with van der Waals surface area (Å²) < 4.78 is 0.705. The number of aliphatic hydroxyl groups excluding tert-OH is 1. The van der Waals surface area contributed by atoms with Gasteiger partial charge >= 0.3 is 0 Å². The molecule has 0 amide bonds.